The Bertz CT molecular complexity index is 1600. The van der Waals surface area contributed by atoms with Crippen LogP contribution in [0.5, 0.6) is 0 Å². The van der Waals surface area contributed by atoms with Crippen molar-refractivity contribution in [2.75, 3.05) is 45.4 Å². The number of sulfonamides is 1. The highest BCUT2D eigenvalue weighted by molar-refractivity contribution is 7.92. The molecule has 1 fully saturated rings. The van der Waals surface area contributed by atoms with E-state index in [1.165, 1.54) is 0 Å². The van der Waals surface area contributed by atoms with Crippen LogP contribution in [0.25, 0.3) is 21.3 Å². The standard InChI is InChI=1S/C26H32N4O7S3/c1-30(12-13-37-2)26(32)19-7-5-18(6-8-19)20-9-10-21-22(15-20)38-25(29-21)23(39(33,34)16-17-3-4-17)24(31)28-11-14-40(27,35)36/h5-10,15,17,23H,3-4,11-14,16H2,1-2H3,(H,28,31)(H2,27,35,36). The highest BCUT2D eigenvalue weighted by Crippen LogP contribution is 2.38. The van der Waals surface area contributed by atoms with Gasteiger partial charge in [0.05, 0.1) is 28.3 Å². The van der Waals surface area contributed by atoms with Crippen molar-refractivity contribution in [3.05, 3.63) is 53.0 Å². The van der Waals surface area contributed by atoms with Crippen molar-refractivity contribution < 1.29 is 31.2 Å². The smallest absolute Gasteiger partial charge is 0.253 e. The summed E-state index contributed by atoms with van der Waals surface area (Å²) >= 11 is 1.11. The quantitative estimate of drug-likeness (QED) is 0.297. The number of thiazole rings is 1. The average Bonchev–Trinajstić information content (AvgIpc) is 3.60. The SMILES string of the molecule is COCCN(C)C(=O)c1ccc(-c2ccc3nc(C(C(=O)NCCS(N)(=O)=O)S(=O)(=O)CC4CC4)sc3c2)cc1. The number of fused-ring (bicyclic) bond motifs is 1. The number of amides is 2. The number of nitrogens with one attached hydrogen (secondary N) is 1. The number of sulfone groups is 1. The summed E-state index contributed by atoms with van der Waals surface area (Å²) in [5, 5.41) is 5.99. The number of nitrogens with two attached hydrogens (primary N) is 1. The third-order valence-corrected chi connectivity index (χ3v) is 10.6. The highest BCUT2D eigenvalue weighted by atomic mass is 32.2. The van der Waals surface area contributed by atoms with E-state index in [1.54, 1.807) is 37.3 Å². The lowest BCUT2D eigenvalue weighted by molar-refractivity contribution is -0.120. The number of hydrogen-bond acceptors (Lipinski definition) is 9. The monoisotopic (exact) mass is 608 g/mol. The molecular formula is C26H32N4O7S3. The lowest BCUT2D eigenvalue weighted by atomic mass is 10.0. The van der Waals surface area contributed by atoms with Crippen molar-refractivity contribution in [1.29, 1.82) is 0 Å². The lowest BCUT2D eigenvalue weighted by Gasteiger charge is -2.16. The molecule has 1 aliphatic carbocycles. The van der Waals surface area contributed by atoms with Gasteiger partial charge in [-0.2, -0.15) is 0 Å². The largest absolute Gasteiger partial charge is 0.383 e. The second kappa shape index (κ2) is 12.3. The Morgan fingerprint density at radius 3 is 2.42 bits per heavy atom. The number of benzene rings is 2. The lowest BCUT2D eigenvalue weighted by Crippen LogP contribution is -2.38. The van der Waals surface area contributed by atoms with Gasteiger partial charge < -0.3 is 15.0 Å². The number of likely N-dealkylation sites (N-methyl/N-ethyl adjacent to an activating group) is 1. The van der Waals surface area contributed by atoms with Crippen LogP contribution in [0.2, 0.25) is 0 Å². The predicted octanol–water partition coefficient (Wildman–Crippen LogP) is 1.95. The fourth-order valence-corrected chi connectivity index (χ4v) is 8.05. The molecule has 1 saturated carbocycles. The van der Waals surface area contributed by atoms with Crippen LogP contribution in [0.4, 0.5) is 0 Å². The van der Waals surface area contributed by atoms with Gasteiger partial charge in [0.25, 0.3) is 5.91 Å². The molecule has 14 heteroatoms. The van der Waals surface area contributed by atoms with Gasteiger partial charge >= 0.3 is 0 Å². The third kappa shape index (κ3) is 7.63. The van der Waals surface area contributed by atoms with E-state index in [2.05, 4.69) is 10.3 Å². The molecule has 216 valence electrons. The fourth-order valence-electron chi connectivity index (χ4n) is 4.14. The molecular weight excluding hydrogens is 577 g/mol. The van der Waals surface area contributed by atoms with Crippen molar-refractivity contribution in [3.63, 3.8) is 0 Å². The first kappa shape index (κ1) is 30.1. The van der Waals surface area contributed by atoms with Crippen LogP contribution < -0.4 is 10.5 Å². The molecule has 2 aromatic carbocycles. The Morgan fingerprint density at radius 2 is 1.80 bits per heavy atom. The van der Waals surface area contributed by atoms with Crippen LogP contribution >= 0.6 is 11.3 Å². The summed E-state index contributed by atoms with van der Waals surface area (Å²) in [6.07, 6.45) is 1.58. The Morgan fingerprint density at radius 1 is 1.12 bits per heavy atom. The number of aromatic nitrogens is 1. The molecule has 0 aliphatic heterocycles. The molecule has 0 radical (unpaired) electrons. The summed E-state index contributed by atoms with van der Waals surface area (Å²) in [5.41, 5.74) is 2.77. The summed E-state index contributed by atoms with van der Waals surface area (Å²) in [4.78, 5) is 31.7. The zero-order chi connectivity index (χ0) is 29.1. The summed E-state index contributed by atoms with van der Waals surface area (Å²) in [7, 11) is -4.44. The Balaban J connectivity index is 1.59. The number of carbonyl (C=O) groups is 2. The maximum absolute atomic E-state index is 13.3. The van der Waals surface area contributed by atoms with Crippen molar-refractivity contribution >= 4 is 53.2 Å². The molecule has 1 unspecified atom stereocenters. The summed E-state index contributed by atoms with van der Waals surface area (Å²) < 4.78 is 54.8. The topological polar surface area (TPSA) is 166 Å². The van der Waals surface area contributed by atoms with Crippen molar-refractivity contribution in [3.8, 4) is 11.1 Å². The van der Waals surface area contributed by atoms with Crippen LogP contribution in [0.15, 0.2) is 42.5 Å². The molecule has 3 aromatic rings. The normalized spacial score (nSPS) is 14.7. The van der Waals surface area contributed by atoms with Gasteiger partial charge in [-0.3, -0.25) is 9.59 Å². The predicted molar refractivity (Wildman–Crippen MR) is 154 cm³/mol. The number of nitrogens with zero attached hydrogens (tertiary/aromatic N) is 2. The minimum atomic E-state index is -3.90. The van der Waals surface area contributed by atoms with E-state index in [-0.39, 0.29) is 29.1 Å². The van der Waals surface area contributed by atoms with Crippen molar-refractivity contribution in [1.82, 2.24) is 15.2 Å². The van der Waals surface area contributed by atoms with Gasteiger partial charge in [-0.25, -0.2) is 27.0 Å². The van der Waals surface area contributed by atoms with E-state index < -0.39 is 36.8 Å². The van der Waals surface area contributed by atoms with Crippen molar-refractivity contribution in [2.24, 2.45) is 11.1 Å². The van der Waals surface area contributed by atoms with Gasteiger partial charge in [0.2, 0.25) is 15.9 Å². The van der Waals surface area contributed by atoms with E-state index in [0.717, 1.165) is 35.3 Å². The molecule has 1 atom stereocenters. The Hall–Kier alpha value is -2.91. The molecule has 0 spiro atoms. The Labute approximate surface area is 237 Å². The molecule has 3 N–H and O–H groups in total. The molecule has 1 heterocycles. The van der Waals surface area contributed by atoms with Crippen molar-refractivity contribution in [2.45, 2.75) is 18.1 Å². The number of carbonyl (C=O) groups excluding carboxylic acids is 2. The van der Waals surface area contributed by atoms with E-state index in [9.17, 15) is 26.4 Å². The molecule has 1 aliphatic rings. The van der Waals surface area contributed by atoms with E-state index in [4.69, 9.17) is 9.88 Å². The van der Waals surface area contributed by atoms with Gasteiger partial charge in [-0.15, -0.1) is 11.3 Å². The number of primary sulfonamides is 1. The van der Waals surface area contributed by atoms with Crippen LogP contribution in [-0.2, 0) is 29.4 Å². The second-order valence-electron chi connectivity index (χ2n) is 9.84. The van der Waals surface area contributed by atoms with Gasteiger partial charge in [-0.05, 0) is 54.2 Å². The zero-order valence-electron chi connectivity index (χ0n) is 22.2. The van der Waals surface area contributed by atoms with E-state index in [1.807, 2.05) is 24.3 Å². The second-order valence-corrected chi connectivity index (χ2v) is 14.8. The molecule has 0 saturated heterocycles. The maximum atomic E-state index is 13.3. The molecule has 4 rings (SSSR count). The molecule has 40 heavy (non-hydrogen) atoms. The van der Waals surface area contributed by atoms with Crippen LogP contribution in [0, 0.1) is 5.92 Å². The number of hydrogen-bond donors (Lipinski definition) is 2. The minimum absolute atomic E-state index is 0.0142. The maximum Gasteiger partial charge on any atom is 0.253 e. The van der Waals surface area contributed by atoms with Gasteiger partial charge in [-0.1, -0.05) is 18.2 Å². The summed E-state index contributed by atoms with van der Waals surface area (Å²) in [5.74, 6) is -1.57. The molecule has 0 bridgehead atoms. The molecule has 2 amide bonds. The average molecular weight is 609 g/mol. The van der Waals surface area contributed by atoms with Gasteiger partial charge in [0.1, 0.15) is 5.01 Å². The minimum Gasteiger partial charge on any atom is -0.383 e. The first-order valence-corrected chi connectivity index (χ1v) is 16.9. The Kier molecular flexibility index (Phi) is 9.25. The summed E-state index contributed by atoms with van der Waals surface area (Å²) in [6, 6.07) is 12.6. The fraction of sp³-hybridized carbons (Fsp3) is 0.423. The first-order chi connectivity index (χ1) is 18.9. The molecule has 1 aromatic heterocycles. The van der Waals surface area contributed by atoms with E-state index >= 15 is 0 Å². The molecule has 11 nitrogen and oxygen atoms in total. The van der Waals surface area contributed by atoms with Gasteiger partial charge in [0.15, 0.2) is 15.1 Å². The summed E-state index contributed by atoms with van der Waals surface area (Å²) in [6.45, 7) is 0.614. The zero-order valence-corrected chi connectivity index (χ0v) is 24.6. The van der Waals surface area contributed by atoms with E-state index in [0.29, 0.717) is 28.9 Å². The van der Waals surface area contributed by atoms with Gasteiger partial charge in [0, 0.05) is 32.8 Å². The first-order valence-electron chi connectivity index (χ1n) is 12.6. The number of ether oxygens (including phenoxy) is 1. The number of rotatable bonds is 13. The number of methoxy groups -OCH3 is 1. The van der Waals surface area contributed by atoms with Crippen LogP contribution in [-0.4, -0.2) is 83.9 Å². The van der Waals surface area contributed by atoms with Crippen LogP contribution in [0.3, 0.4) is 0 Å². The highest BCUT2D eigenvalue weighted by Gasteiger charge is 2.40. The van der Waals surface area contributed by atoms with Crippen LogP contribution in [0.1, 0.15) is 33.5 Å². The third-order valence-electron chi connectivity index (χ3n) is 6.52.